The number of hydrogen-bond acceptors (Lipinski definition) is 4. The SMILES string of the molecule is CCOC(=O)C(CCc1ccccc1C)N=O. The Labute approximate surface area is 101 Å². The zero-order valence-electron chi connectivity index (χ0n) is 10.2. The quantitative estimate of drug-likeness (QED) is 0.562. The minimum absolute atomic E-state index is 0.273. The molecule has 0 radical (unpaired) electrons. The molecule has 1 aromatic rings. The normalized spacial score (nSPS) is 11.9. The zero-order valence-corrected chi connectivity index (χ0v) is 10.2. The van der Waals surface area contributed by atoms with Crippen LogP contribution in [0.5, 0.6) is 0 Å². The first kappa shape index (κ1) is 13.4. The average molecular weight is 235 g/mol. The highest BCUT2D eigenvalue weighted by atomic mass is 16.5. The predicted molar refractivity (Wildman–Crippen MR) is 65.7 cm³/mol. The molecule has 1 rings (SSSR count). The van der Waals surface area contributed by atoms with Crippen LogP contribution in [-0.2, 0) is 16.0 Å². The van der Waals surface area contributed by atoms with Gasteiger partial charge in [-0.05, 0) is 37.8 Å². The number of aryl methyl sites for hydroxylation is 2. The molecule has 0 amide bonds. The van der Waals surface area contributed by atoms with Gasteiger partial charge in [0.25, 0.3) is 0 Å². The molecule has 0 aliphatic rings. The van der Waals surface area contributed by atoms with Crippen LogP contribution in [-0.4, -0.2) is 18.6 Å². The molecule has 0 spiro atoms. The number of benzene rings is 1. The first-order valence-electron chi connectivity index (χ1n) is 5.72. The van der Waals surface area contributed by atoms with Gasteiger partial charge in [0.15, 0.2) is 6.04 Å². The van der Waals surface area contributed by atoms with E-state index in [1.54, 1.807) is 6.92 Å². The van der Waals surface area contributed by atoms with Gasteiger partial charge < -0.3 is 4.74 Å². The molecule has 1 unspecified atom stereocenters. The van der Waals surface area contributed by atoms with Crippen molar-refractivity contribution < 1.29 is 9.53 Å². The Morgan fingerprint density at radius 3 is 2.71 bits per heavy atom. The summed E-state index contributed by atoms with van der Waals surface area (Å²) in [5.41, 5.74) is 2.28. The molecule has 0 heterocycles. The van der Waals surface area contributed by atoms with E-state index in [0.29, 0.717) is 12.8 Å². The van der Waals surface area contributed by atoms with Gasteiger partial charge >= 0.3 is 5.97 Å². The molecule has 1 aromatic carbocycles. The number of hydrogen-bond donors (Lipinski definition) is 0. The molecule has 1 atom stereocenters. The van der Waals surface area contributed by atoms with E-state index in [4.69, 9.17) is 4.74 Å². The maximum absolute atomic E-state index is 11.4. The molecule has 0 N–H and O–H groups in total. The fourth-order valence-corrected chi connectivity index (χ4v) is 1.63. The molecule has 0 aromatic heterocycles. The van der Waals surface area contributed by atoms with E-state index in [0.717, 1.165) is 11.1 Å². The molecule has 4 heteroatoms. The van der Waals surface area contributed by atoms with Crippen molar-refractivity contribution in [3.8, 4) is 0 Å². The topological polar surface area (TPSA) is 55.7 Å². The van der Waals surface area contributed by atoms with Gasteiger partial charge in [-0.3, -0.25) is 0 Å². The van der Waals surface area contributed by atoms with Crippen LogP contribution in [0.15, 0.2) is 29.4 Å². The molecule has 92 valence electrons. The highest BCUT2D eigenvalue weighted by Crippen LogP contribution is 2.12. The van der Waals surface area contributed by atoms with Crippen molar-refractivity contribution in [2.75, 3.05) is 6.61 Å². The summed E-state index contributed by atoms with van der Waals surface area (Å²) < 4.78 is 4.78. The number of nitrogens with zero attached hydrogens (tertiary/aromatic N) is 1. The van der Waals surface area contributed by atoms with Gasteiger partial charge in [0.1, 0.15) is 0 Å². The Morgan fingerprint density at radius 1 is 1.41 bits per heavy atom. The van der Waals surface area contributed by atoms with E-state index < -0.39 is 12.0 Å². The predicted octanol–water partition coefficient (Wildman–Crippen LogP) is 2.63. The fraction of sp³-hybridized carbons (Fsp3) is 0.462. The van der Waals surface area contributed by atoms with Crippen molar-refractivity contribution in [3.63, 3.8) is 0 Å². The summed E-state index contributed by atoms with van der Waals surface area (Å²) in [5, 5.41) is 2.83. The summed E-state index contributed by atoms with van der Waals surface area (Å²) in [7, 11) is 0. The smallest absolute Gasteiger partial charge is 0.334 e. The molecule has 0 aliphatic heterocycles. The molecule has 4 nitrogen and oxygen atoms in total. The Bertz CT molecular complexity index is 390. The summed E-state index contributed by atoms with van der Waals surface area (Å²) >= 11 is 0. The van der Waals surface area contributed by atoms with Gasteiger partial charge in [-0.2, -0.15) is 0 Å². The standard InChI is InChI=1S/C13H17NO3/c1-3-17-13(15)12(14-16)9-8-11-7-5-4-6-10(11)2/h4-7,12H,3,8-9H2,1-2H3. The highest BCUT2D eigenvalue weighted by molar-refractivity contribution is 5.75. The van der Waals surface area contributed by atoms with Gasteiger partial charge in [0.05, 0.1) is 6.61 Å². The number of ether oxygens (including phenoxy) is 1. The Morgan fingerprint density at radius 2 is 2.12 bits per heavy atom. The van der Waals surface area contributed by atoms with Gasteiger partial charge in [-0.1, -0.05) is 29.4 Å². The van der Waals surface area contributed by atoms with Gasteiger partial charge in [0.2, 0.25) is 0 Å². The largest absolute Gasteiger partial charge is 0.464 e. The number of esters is 1. The zero-order chi connectivity index (χ0) is 12.7. The minimum atomic E-state index is -0.894. The molecule has 17 heavy (non-hydrogen) atoms. The molecule has 0 aliphatic carbocycles. The van der Waals surface area contributed by atoms with E-state index in [2.05, 4.69) is 5.18 Å². The van der Waals surface area contributed by atoms with Crippen LogP contribution in [0.4, 0.5) is 0 Å². The van der Waals surface area contributed by atoms with Crippen molar-refractivity contribution in [1.82, 2.24) is 0 Å². The molecule has 0 saturated heterocycles. The van der Waals surface area contributed by atoms with Crippen molar-refractivity contribution in [2.24, 2.45) is 5.18 Å². The lowest BCUT2D eigenvalue weighted by molar-refractivity contribution is -0.144. The van der Waals surface area contributed by atoms with E-state index >= 15 is 0 Å². The Hall–Kier alpha value is -1.71. The minimum Gasteiger partial charge on any atom is -0.464 e. The molecular formula is C13H17NO3. The van der Waals surface area contributed by atoms with Crippen LogP contribution < -0.4 is 0 Å². The monoisotopic (exact) mass is 235 g/mol. The van der Waals surface area contributed by atoms with Crippen LogP contribution in [0.2, 0.25) is 0 Å². The summed E-state index contributed by atoms with van der Waals surface area (Å²) in [6, 6.07) is 7.00. The van der Waals surface area contributed by atoms with Gasteiger partial charge in [0, 0.05) is 0 Å². The van der Waals surface area contributed by atoms with E-state index in [-0.39, 0.29) is 6.61 Å². The van der Waals surface area contributed by atoms with Crippen LogP contribution >= 0.6 is 0 Å². The summed E-state index contributed by atoms with van der Waals surface area (Å²) in [6.07, 6.45) is 1.05. The highest BCUT2D eigenvalue weighted by Gasteiger charge is 2.20. The first-order valence-corrected chi connectivity index (χ1v) is 5.72. The second-order valence-corrected chi connectivity index (χ2v) is 3.84. The van der Waals surface area contributed by atoms with Crippen molar-refractivity contribution in [1.29, 1.82) is 0 Å². The third-order valence-corrected chi connectivity index (χ3v) is 2.63. The summed E-state index contributed by atoms with van der Waals surface area (Å²) in [6.45, 7) is 3.99. The third-order valence-electron chi connectivity index (χ3n) is 2.63. The molecule has 0 saturated carbocycles. The summed E-state index contributed by atoms with van der Waals surface area (Å²) in [5.74, 6) is -0.531. The maximum atomic E-state index is 11.4. The first-order chi connectivity index (χ1) is 8.19. The third kappa shape index (κ3) is 3.98. The lowest BCUT2D eigenvalue weighted by Crippen LogP contribution is -2.21. The molecule has 0 bridgehead atoms. The van der Waals surface area contributed by atoms with Crippen molar-refractivity contribution in [2.45, 2.75) is 32.7 Å². The van der Waals surface area contributed by atoms with Crippen LogP contribution in [0, 0.1) is 11.8 Å². The van der Waals surface area contributed by atoms with Gasteiger partial charge in [-0.25, -0.2) is 4.79 Å². The Balaban J connectivity index is 2.56. The lowest BCUT2D eigenvalue weighted by Gasteiger charge is -2.09. The van der Waals surface area contributed by atoms with Crippen molar-refractivity contribution in [3.05, 3.63) is 40.3 Å². The second kappa shape index (κ2) is 6.78. The lowest BCUT2D eigenvalue weighted by atomic mass is 10.0. The maximum Gasteiger partial charge on any atom is 0.334 e. The second-order valence-electron chi connectivity index (χ2n) is 3.84. The molecular weight excluding hydrogens is 218 g/mol. The number of nitroso groups, excluding NO2 is 1. The van der Waals surface area contributed by atoms with E-state index in [1.807, 2.05) is 31.2 Å². The summed E-state index contributed by atoms with van der Waals surface area (Å²) in [4.78, 5) is 21.9. The fourth-order valence-electron chi connectivity index (χ4n) is 1.63. The molecule has 0 fully saturated rings. The van der Waals surface area contributed by atoms with Crippen LogP contribution in [0.3, 0.4) is 0 Å². The van der Waals surface area contributed by atoms with E-state index in [9.17, 15) is 9.70 Å². The van der Waals surface area contributed by atoms with Crippen molar-refractivity contribution >= 4 is 5.97 Å². The van der Waals surface area contributed by atoms with Crippen LogP contribution in [0.1, 0.15) is 24.5 Å². The van der Waals surface area contributed by atoms with Gasteiger partial charge in [-0.15, -0.1) is 4.91 Å². The average Bonchev–Trinajstić information content (AvgIpc) is 2.32. The Kier molecular flexibility index (Phi) is 5.33. The van der Waals surface area contributed by atoms with E-state index in [1.165, 1.54) is 0 Å². The van der Waals surface area contributed by atoms with Crippen LogP contribution in [0.25, 0.3) is 0 Å². The number of rotatable bonds is 6. The number of carbonyl (C=O) groups excluding carboxylic acids is 1. The number of carbonyl (C=O) groups is 1.